The molecule has 1 fully saturated rings. The molecule has 0 amide bonds. The molecule has 3 aromatic carbocycles. The molecule has 126 valence electrons. The number of nitrogens with zero attached hydrogens (tertiary/aromatic N) is 3. The van der Waals surface area contributed by atoms with E-state index < -0.39 is 0 Å². The molecular weight excluding hydrogens is 312 g/mol. The van der Waals surface area contributed by atoms with Crippen molar-refractivity contribution in [2.75, 3.05) is 16.6 Å². The Kier molecular flexibility index (Phi) is 4.97. The summed E-state index contributed by atoms with van der Waals surface area (Å²) >= 11 is 0. The number of hydrogen-bond donors (Lipinski definition) is 1. The quantitative estimate of drug-likeness (QED) is 0.800. The molecule has 5 heteroatoms. The molecule has 0 atom stereocenters. The SMILES string of the molecule is O.c1ccc(N=C2NN(c3ccccc3)CN2c2ccccc2)cc1. The van der Waals surface area contributed by atoms with Crippen LogP contribution in [0.5, 0.6) is 0 Å². The van der Waals surface area contributed by atoms with E-state index in [2.05, 4.69) is 39.6 Å². The molecule has 0 aromatic heterocycles. The topological polar surface area (TPSA) is 62.4 Å². The van der Waals surface area contributed by atoms with Crippen molar-refractivity contribution in [3.05, 3.63) is 91.0 Å². The van der Waals surface area contributed by atoms with Gasteiger partial charge in [-0.2, -0.15) is 0 Å². The van der Waals surface area contributed by atoms with E-state index in [0.29, 0.717) is 6.67 Å². The van der Waals surface area contributed by atoms with E-state index in [-0.39, 0.29) is 5.48 Å². The van der Waals surface area contributed by atoms with E-state index in [1.165, 1.54) is 0 Å². The summed E-state index contributed by atoms with van der Waals surface area (Å²) in [6, 6.07) is 30.6. The van der Waals surface area contributed by atoms with Crippen LogP contribution in [0.3, 0.4) is 0 Å². The molecule has 4 rings (SSSR count). The molecule has 1 aliphatic heterocycles. The van der Waals surface area contributed by atoms with Crippen LogP contribution in [-0.4, -0.2) is 18.1 Å². The fraction of sp³-hybridized carbons (Fsp3) is 0.0500. The van der Waals surface area contributed by atoms with Crippen LogP contribution in [0.25, 0.3) is 0 Å². The molecule has 0 unspecified atom stereocenters. The van der Waals surface area contributed by atoms with Gasteiger partial charge in [-0.05, 0) is 36.4 Å². The smallest absolute Gasteiger partial charge is 0.224 e. The Bertz CT molecular complexity index is 822. The number of hydrogen-bond acceptors (Lipinski definition) is 2. The highest BCUT2D eigenvalue weighted by molar-refractivity contribution is 6.01. The highest BCUT2D eigenvalue weighted by Gasteiger charge is 2.26. The van der Waals surface area contributed by atoms with Gasteiger partial charge < -0.3 is 5.48 Å². The Balaban J connectivity index is 0.00000182. The maximum absolute atomic E-state index is 4.78. The summed E-state index contributed by atoms with van der Waals surface area (Å²) < 4.78 is 0. The minimum Gasteiger partial charge on any atom is -0.412 e. The van der Waals surface area contributed by atoms with Gasteiger partial charge in [-0.25, -0.2) is 4.99 Å². The van der Waals surface area contributed by atoms with Crippen molar-refractivity contribution in [2.45, 2.75) is 0 Å². The minimum absolute atomic E-state index is 0. The van der Waals surface area contributed by atoms with Gasteiger partial charge in [-0.1, -0.05) is 54.6 Å². The van der Waals surface area contributed by atoms with Gasteiger partial charge in [0.05, 0.1) is 11.4 Å². The average molecular weight is 332 g/mol. The van der Waals surface area contributed by atoms with Gasteiger partial charge >= 0.3 is 0 Å². The second kappa shape index (κ2) is 7.51. The van der Waals surface area contributed by atoms with Crippen LogP contribution in [0.15, 0.2) is 96.0 Å². The maximum atomic E-state index is 4.78. The average Bonchev–Trinajstić information content (AvgIpc) is 3.08. The molecule has 0 bridgehead atoms. The first-order valence-electron chi connectivity index (χ1n) is 7.96. The van der Waals surface area contributed by atoms with Gasteiger partial charge in [0.2, 0.25) is 5.96 Å². The van der Waals surface area contributed by atoms with E-state index in [4.69, 9.17) is 4.99 Å². The predicted molar refractivity (Wildman–Crippen MR) is 103 cm³/mol. The van der Waals surface area contributed by atoms with Gasteiger partial charge in [-0.15, -0.1) is 0 Å². The van der Waals surface area contributed by atoms with Crippen molar-refractivity contribution < 1.29 is 5.48 Å². The Hall–Kier alpha value is -3.31. The molecule has 0 spiro atoms. The Labute approximate surface area is 147 Å². The van der Waals surface area contributed by atoms with Crippen LogP contribution in [0.4, 0.5) is 17.1 Å². The molecule has 3 N–H and O–H groups in total. The lowest BCUT2D eigenvalue weighted by Gasteiger charge is -2.18. The third kappa shape index (κ3) is 3.62. The zero-order valence-electron chi connectivity index (χ0n) is 13.7. The minimum atomic E-state index is 0. The fourth-order valence-corrected chi connectivity index (χ4v) is 2.70. The number of aliphatic imine (C=N–C) groups is 1. The summed E-state index contributed by atoms with van der Waals surface area (Å²) in [5.41, 5.74) is 6.56. The molecule has 1 aliphatic rings. The largest absolute Gasteiger partial charge is 0.412 e. The summed E-state index contributed by atoms with van der Waals surface area (Å²) in [4.78, 5) is 6.95. The molecule has 5 nitrogen and oxygen atoms in total. The normalized spacial score (nSPS) is 15.0. The van der Waals surface area contributed by atoms with Crippen molar-refractivity contribution >= 4 is 23.0 Å². The third-order valence-electron chi connectivity index (χ3n) is 3.90. The van der Waals surface area contributed by atoms with Crippen LogP contribution >= 0.6 is 0 Å². The summed E-state index contributed by atoms with van der Waals surface area (Å²) in [5.74, 6) is 0.816. The number of para-hydroxylation sites is 3. The van der Waals surface area contributed by atoms with E-state index in [1.807, 2.05) is 66.7 Å². The molecule has 1 saturated heterocycles. The first-order chi connectivity index (χ1) is 11.9. The summed E-state index contributed by atoms with van der Waals surface area (Å²) in [5, 5.41) is 2.09. The summed E-state index contributed by atoms with van der Waals surface area (Å²) in [6.07, 6.45) is 0. The lowest BCUT2D eigenvalue weighted by Crippen LogP contribution is -2.33. The van der Waals surface area contributed by atoms with Crippen LogP contribution < -0.4 is 15.3 Å². The van der Waals surface area contributed by atoms with Gasteiger partial charge in [0.1, 0.15) is 6.67 Å². The monoisotopic (exact) mass is 332 g/mol. The Morgan fingerprint density at radius 3 is 1.80 bits per heavy atom. The van der Waals surface area contributed by atoms with E-state index in [1.54, 1.807) is 0 Å². The van der Waals surface area contributed by atoms with Gasteiger partial charge in [-0.3, -0.25) is 15.3 Å². The van der Waals surface area contributed by atoms with Crippen LogP contribution in [0.2, 0.25) is 0 Å². The summed E-state index contributed by atoms with van der Waals surface area (Å²) in [7, 11) is 0. The van der Waals surface area contributed by atoms with Crippen molar-refractivity contribution in [1.29, 1.82) is 0 Å². The van der Waals surface area contributed by atoms with Crippen molar-refractivity contribution in [3.8, 4) is 0 Å². The van der Waals surface area contributed by atoms with Crippen LogP contribution in [0.1, 0.15) is 0 Å². The van der Waals surface area contributed by atoms with Gasteiger partial charge in [0, 0.05) is 5.69 Å². The number of rotatable bonds is 3. The van der Waals surface area contributed by atoms with Crippen molar-refractivity contribution in [2.24, 2.45) is 4.99 Å². The standard InChI is InChI=1S/C20H18N4.H2O/c1-4-10-17(11-5-1)21-20-22-24(19-14-8-3-9-15-19)16-23(20)18-12-6-2-7-13-18;/h1-15H,16H2,(H,21,22);1H2. The van der Waals surface area contributed by atoms with Gasteiger partial charge in [0.15, 0.2) is 0 Å². The first kappa shape index (κ1) is 16.5. The third-order valence-corrected chi connectivity index (χ3v) is 3.90. The zero-order chi connectivity index (χ0) is 16.2. The molecule has 0 saturated carbocycles. The summed E-state index contributed by atoms with van der Waals surface area (Å²) in [6.45, 7) is 0.694. The lowest BCUT2D eigenvalue weighted by atomic mass is 10.3. The first-order valence-corrected chi connectivity index (χ1v) is 7.96. The molecule has 3 aromatic rings. The Morgan fingerprint density at radius 1 is 0.680 bits per heavy atom. The number of hydrazine groups is 1. The highest BCUT2D eigenvalue weighted by Crippen LogP contribution is 2.23. The number of guanidine groups is 1. The predicted octanol–water partition coefficient (Wildman–Crippen LogP) is 3.34. The van der Waals surface area contributed by atoms with Crippen LogP contribution in [-0.2, 0) is 0 Å². The van der Waals surface area contributed by atoms with Crippen LogP contribution in [0, 0.1) is 0 Å². The van der Waals surface area contributed by atoms with E-state index in [0.717, 1.165) is 23.0 Å². The lowest BCUT2D eigenvalue weighted by molar-refractivity contribution is 0.824. The van der Waals surface area contributed by atoms with Gasteiger partial charge in [0.25, 0.3) is 0 Å². The molecule has 25 heavy (non-hydrogen) atoms. The van der Waals surface area contributed by atoms with Crippen molar-refractivity contribution in [3.63, 3.8) is 0 Å². The molecule has 1 heterocycles. The second-order valence-corrected chi connectivity index (χ2v) is 5.55. The molecule has 0 radical (unpaired) electrons. The number of nitrogens with one attached hydrogen (secondary N) is 1. The number of anilines is 2. The second-order valence-electron chi connectivity index (χ2n) is 5.55. The fourth-order valence-electron chi connectivity index (χ4n) is 2.70. The zero-order valence-corrected chi connectivity index (χ0v) is 13.7. The van der Waals surface area contributed by atoms with E-state index in [9.17, 15) is 0 Å². The number of benzene rings is 3. The van der Waals surface area contributed by atoms with E-state index >= 15 is 0 Å². The molecule has 0 aliphatic carbocycles. The highest BCUT2D eigenvalue weighted by atomic mass is 16.0. The molecular formula is C20H20N4O. The Morgan fingerprint density at radius 2 is 1.20 bits per heavy atom. The maximum Gasteiger partial charge on any atom is 0.224 e. The van der Waals surface area contributed by atoms with Crippen molar-refractivity contribution in [1.82, 2.24) is 5.43 Å².